The molecule has 38 heavy (non-hydrogen) atoms. The van der Waals surface area contributed by atoms with E-state index in [2.05, 4.69) is 38.7 Å². The number of aliphatic hydroxyl groups excluding tert-OH is 1. The molecule has 0 aromatic carbocycles. The van der Waals surface area contributed by atoms with E-state index in [1.807, 2.05) is 0 Å². The Labute approximate surface area is 230 Å². The van der Waals surface area contributed by atoms with E-state index in [0.717, 1.165) is 76.6 Å². The molecular formula is C33H51NO4. The number of hydrogen-bond donors (Lipinski definition) is 1. The summed E-state index contributed by atoms with van der Waals surface area (Å²) < 4.78 is 13.6. The molecule has 3 aliphatic heterocycles. The van der Waals surface area contributed by atoms with Crippen molar-refractivity contribution in [1.82, 2.24) is 4.90 Å². The fourth-order valence-electron chi connectivity index (χ4n) is 11.3. The monoisotopic (exact) mass is 525 g/mol. The van der Waals surface area contributed by atoms with Crippen molar-refractivity contribution in [3.05, 3.63) is 11.6 Å². The molecule has 4 aliphatic carbocycles. The fourth-order valence-corrected chi connectivity index (χ4v) is 11.3. The van der Waals surface area contributed by atoms with Crippen molar-refractivity contribution in [2.24, 2.45) is 52.3 Å². The molecule has 1 amide bonds. The molecule has 212 valence electrons. The van der Waals surface area contributed by atoms with Crippen LogP contribution >= 0.6 is 0 Å². The Hall–Kier alpha value is -0.910. The lowest BCUT2D eigenvalue weighted by atomic mass is 9.45. The first kappa shape index (κ1) is 26.0. The van der Waals surface area contributed by atoms with E-state index < -0.39 is 5.79 Å². The predicted molar refractivity (Wildman–Crippen MR) is 147 cm³/mol. The highest BCUT2D eigenvalue weighted by atomic mass is 16.7. The van der Waals surface area contributed by atoms with Crippen LogP contribution in [0.3, 0.4) is 0 Å². The summed E-state index contributed by atoms with van der Waals surface area (Å²) in [4.78, 5) is 16.7. The van der Waals surface area contributed by atoms with Crippen molar-refractivity contribution >= 4 is 5.91 Å². The number of likely N-dealkylation sites (tertiary alicyclic amines) is 1. The quantitative estimate of drug-likeness (QED) is 0.459. The number of piperidine rings is 1. The second kappa shape index (κ2) is 9.05. The average Bonchev–Trinajstić information content (AvgIpc) is 3.36. The number of carbonyl (C=O) groups is 1. The van der Waals surface area contributed by atoms with Gasteiger partial charge in [-0.1, -0.05) is 33.8 Å². The van der Waals surface area contributed by atoms with Gasteiger partial charge < -0.3 is 19.5 Å². The lowest BCUT2D eigenvalue weighted by Crippen LogP contribution is -2.56. The molecule has 5 heteroatoms. The summed E-state index contributed by atoms with van der Waals surface area (Å²) in [6.07, 6.45) is 14.7. The zero-order valence-electron chi connectivity index (χ0n) is 24.3. The van der Waals surface area contributed by atoms with Crippen molar-refractivity contribution in [2.45, 2.75) is 116 Å². The number of nitrogens with zero attached hydrogens (tertiary/aromatic N) is 1. The molecule has 1 N–H and O–H groups in total. The van der Waals surface area contributed by atoms with Crippen LogP contribution in [-0.2, 0) is 14.3 Å². The van der Waals surface area contributed by atoms with Crippen molar-refractivity contribution < 1.29 is 19.4 Å². The number of hydrogen-bond acceptors (Lipinski definition) is 4. The van der Waals surface area contributed by atoms with Gasteiger partial charge in [0.1, 0.15) is 0 Å². The SMILES string of the molecule is C[C@@H]1CC[C@@]2(OC1)O[C@H]1C[C@H]3[C@@H]4CC[C@H]5C[C@@H](O)CC[C@]5(C)[C@H]4C=C(C(=O)N4CCCCC4)[C@]3(C)[C@H]1[C@@H]2C. The molecule has 5 nitrogen and oxygen atoms in total. The highest BCUT2D eigenvalue weighted by Crippen LogP contribution is 2.71. The van der Waals surface area contributed by atoms with E-state index in [-0.39, 0.29) is 23.0 Å². The van der Waals surface area contributed by atoms with Gasteiger partial charge in [0.2, 0.25) is 5.91 Å². The first-order valence-corrected chi connectivity index (χ1v) is 16.2. The average molecular weight is 526 g/mol. The van der Waals surface area contributed by atoms with Gasteiger partial charge in [0, 0.05) is 42.3 Å². The van der Waals surface area contributed by atoms with E-state index in [1.165, 1.54) is 19.3 Å². The topological polar surface area (TPSA) is 59.0 Å². The maximum atomic E-state index is 14.5. The molecule has 0 bridgehead atoms. The number of amides is 1. The minimum absolute atomic E-state index is 0.147. The largest absolute Gasteiger partial charge is 0.393 e. The van der Waals surface area contributed by atoms with E-state index in [9.17, 15) is 9.90 Å². The lowest BCUT2D eigenvalue weighted by molar-refractivity contribution is -0.272. The Bertz CT molecular complexity index is 979. The third kappa shape index (κ3) is 3.56. The summed E-state index contributed by atoms with van der Waals surface area (Å²) in [6.45, 7) is 12.2. The van der Waals surface area contributed by atoms with Crippen LogP contribution in [0.25, 0.3) is 0 Å². The van der Waals surface area contributed by atoms with Gasteiger partial charge in [-0.3, -0.25) is 4.79 Å². The molecule has 0 unspecified atom stereocenters. The van der Waals surface area contributed by atoms with Gasteiger partial charge in [-0.25, -0.2) is 0 Å². The molecular weight excluding hydrogens is 474 g/mol. The van der Waals surface area contributed by atoms with Gasteiger partial charge in [0.05, 0.1) is 18.8 Å². The van der Waals surface area contributed by atoms with Gasteiger partial charge >= 0.3 is 0 Å². The smallest absolute Gasteiger partial charge is 0.250 e. The summed E-state index contributed by atoms with van der Waals surface area (Å²) in [5, 5.41) is 10.5. The molecule has 3 heterocycles. The van der Waals surface area contributed by atoms with Crippen LogP contribution < -0.4 is 0 Å². The van der Waals surface area contributed by atoms with Crippen LogP contribution in [0.5, 0.6) is 0 Å². The second-order valence-corrected chi connectivity index (χ2v) is 15.2. The molecule has 0 aromatic heterocycles. The summed E-state index contributed by atoms with van der Waals surface area (Å²) in [6, 6.07) is 0. The standard InChI is InChI=1S/C33H51NO4/c1-20-10-13-33(37-19-20)21(2)29-28(38-33)18-26-24-9-8-22-16-23(35)11-12-31(22,3)25(24)17-27(32(26,29)4)30(36)34-14-6-5-7-15-34/h17,20-26,28-29,35H,5-16,18-19H2,1-4H3/t20-,21+,22+,23+,24-,25+,26+,28+,29+,31+,32-,33-/m1/s1. The molecule has 1 spiro atoms. The molecule has 3 saturated carbocycles. The Morgan fingerprint density at radius 1 is 1.03 bits per heavy atom. The number of ether oxygens (including phenoxy) is 2. The van der Waals surface area contributed by atoms with Crippen molar-refractivity contribution in [1.29, 1.82) is 0 Å². The zero-order valence-corrected chi connectivity index (χ0v) is 24.3. The Morgan fingerprint density at radius 2 is 1.82 bits per heavy atom. The third-order valence-electron chi connectivity index (χ3n) is 13.4. The zero-order chi connectivity index (χ0) is 26.4. The normalized spacial score (nSPS) is 54.1. The molecule has 3 saturated heterocycles. The summed E-state index contributed by atoms with van der Waals surface area (Å²) in [5.74, 6) is 3.18. The van der Waals surface area contributed by atoms with Crippen LogP contribution in [0.2, 0.25) is 0 Å². The Balaban J connectivity index is 1.30. The second-order valence-electron chi connectivity index (χ2n) is 15.2. The summed E-state index contributed by atoms with van der Waals surface area (Å²) >= 11 is 0. The molecule has 7 aliphatic rings. The molecule has 7 rings (SSSR count). The van der Waals surface area contributed by atoms with E-state index in [4.69, 9.17) is 9.47 Å². The predicted octanol–water partition coefficient (Wildman–Crippen LogP) is 5.95. The van der Waals surface area contributed by atoms with Crippen LogP contribution in [0.4, 0.5) is 0 Å². The van der Waals surface area contributed by atoms with E-state index in [1.54, 1.807) is 0 Å². The lowest BCUT2D eigenvalue weighted by Gasteiger charge is -2.60. The maximum Gasteiger partial charge on any atom is 0.250 e. The maximum absolute atomic E-state index is 14.5. The summed E-state index contributed by atoms with van der Waals surface area (Å²) in [5.41, 5.74) is 1.15. The first-order chi connectivity index (χ1) is 18.2. The number of allylic oxidation sites excluding steroid dienone is 1. The number of carbonyl (C=O) groups excluding carboxylic acids is 1. The molecule has 0 aromatic rings. The van der Waals surface area contributed by atoms with Crippen molar-refractivity contribution in [3.8, 4) is 0 Å². The minimum atomic E-state index is -0.463. The number of aliphatic hydroxyl groups is 1. The van der Waals surface area contributed by atoms with Crippen LogP contribution in [0.15, 0.2) is 11.6 Å². The van der Waals surface area contributed by atoms with Crippen molar-refractivity contribution in [3.63, 3.8) is 0 Å². The van der Waals surface area contributed by atoms with Crippen LogP contribution in [0, 0.1) is 52.3 Å². The Morgan fingerprint density at radius 3 is 2.55 bits per heavy atom. The van der Waals surface area contributed by atoms with Gasteiger partial charge in [0.25, 0.3) is 0 Å². The summed E-state index contributed by atoms with van der Waals surface area (Å²) in [7, 11) is 0. The molecule has 12 atom stereocenters. The van der Waals surface area contributed by atoms with E-state index in [0.29, 0.717) is 47.3 Å². The van der Waals surface area contributed by atoms with Gasteiger partial charge in [-0.2, -0.15) is 0 Å². The minimum Gasteiger partial charge on any atom is -0.393 e. The van der Waals surface area contributed by atoms with E-state index >= 15 is 0 Å². The Kier molecular flexibility index (Phi) is 6.19. The van der Waals surface area contributed by atoms with Gasteiger partial charge in [0.15, 0.2) is 5.79 Å². The molecule has 6 fully saturated rings. The van der Waals surface area contributed by atoms with Crippen LogP contribution in [-0.4, -0.2) is 53.6 Å². The van der Waals surface area contributed by atoms with Gasteiger partial charge in [-0.15, -0.1) is 0 Å². The molecule has 0 radical (unpaired) electrons. The number of fused-ring (bicyclic) bond motifs is 7. The third-order valence-corrected chi connectivity index (χ3v) is 13.4. The van der Waals surface area contributed by atoms with Crippen LogP contribution in [0.1, 0.15) is 98.3 Å². The fraction of sp³-hybridized carbons (Fsp3) is 0.909. The number of rotatable bonds is 1. The highest BCUT2D eigenvalue weighted by Gasteiger charge is 2.70. The van der Waals surface area contributed by atoms with Gasteiger partial charge in [-0.05, 0) is 99.2 Å². The van der Waals surface area contributed by atoms with Crippen molar-refractivity contribution in [2.75, 3.05) is 19.7 Å². The highest BCUT2D eigenvalue weighted by molar-refractivity contribution is 5.95. The first-order valence-electron chi connectivity index (χ1n) is 16.2.